The van der Waals surface area contributed by atoms with Gasteiger partial charge in [-0.1, -0.05) is 191 Å². The summed E-state index contributed by atoms with van der Waals surface area (Å²) in [4.78, 5) is 37.9. The summed E-state index contributed by atoms with van der Waals surface area (Å²) in [6, 6.07) is 0. The van der Waals surface area contributed by atoms with Gasteiger partial charge in [-0.3, -0.25) is 14.4 Å². The summed E-state index contributed by atoms with van der Waals surface area (Å²) in [5, 5.41) is 0. The largest absolute Gasteiger partial charge is 0.462 e. The van der Waals surface area contributed by atoms with E-state index in [1.165, 1.54) is 122 Å². The van der Waals surface area contributed by atoms with Crippen molar-refractivity contribution in [2.24, 2.45) is 0 Å². The minimum atomic E-state index is -0.785. The first-order valence-corrected chi connectivity index (χ1v) is 25.6. The van der Waals surface area contributed by atoms with Crippen LogP contribution in [0.2, 0.25) is 0 Å². The van der Waals surface area contributed by atoms with Crippen molar-refractivity contribution >= 4 is 17.9 Å². The fourth-order valence-corrected chi connectivity index (χ4v) is 7.09. The van der Waals surface area contributed by atoms with Gasteiger partial charge in [-0.05, 0) is 96.3 Å². The van der Waals surface area contributed by atoms with Gasteiger partial charge in [0.25, 0.3) is 0 Å². The predicted octanol–water partition coefficient (Wildman–Crippen LogP) is 16.7. The van der Waals surface area contributed by atoms with Crippen molar-refractivity contribution in [1.29, 1.82) is 0 Å². The lowest BCUT2D eigenvalue weighted by molar-refractivity contribution is -0.167. The molecular weight excluding hydrogens is 745 g/mol. The Morgan fingerprint density at radius 3 is 1.02 bits per heavy atom. The summed E-state index contributed by atoms with van der Waals surface area (Å²) in [5.74, 6) is -0.912. The zero-order valence-electron chi connectivity index (χ0n) is 39.7. The van der Waals surface area contributed by atoms with E-state index in [4.69, 9.17) is 14.2 Å². The normalized spacial score (nSPS) is 12.4. The van der Waals surface area contributed by atoms with Crippen LogP contribution in [-0.2, 0) is 28.6 Å². The van der Waals surface area contributed by atoms with Crippen molar-refractivity contribution < 1.29 is 28.6 Å². The number of carbonyl (C=O) groups excluding carboxylic acids is 3. The molecule has 6 nitrogen and oxygen atoms in total. The molecule has 0 radical (unpaired) electrons. The van der Waals surface area contributed by atoms with Crippen LogP contribution in [-0.4, -0.2) is 37.2 Å². The smallest absolute Gasteiger partial charge is 0.306 e. The average Bonchev–Trinajstić information content (AvgIpc) is 3.24. The second-order valence-corrected chi connectivity index (χ2v) is 17.1. The first-order chi connectivity index (χ1) is 29.5. The molecule has 0 fully saturated rings. The standard InChI is InChI=1S/C54H96O6/c1-4-7-10-13-16-19-22-24-26-28-29-32-35-38-41-44-47-53(56)59-50-51(49-58-52(55)46-43-40-37-34-31-21-18-15-12-9-6-3)60-54(57)48-45-42-39-36-33-30-27-25-23-20-17-14-11-8-5-2/h15,17-18,20,25-28,51H,4-14,16,19,21-24,29-50H2,1-3H3/b18-15-,20-17-,27-25-,28-26-/t51-/m1/s1. The van der Waals surface area contributed by atoms with Gasteiger partial charge in [0.15, 0.2) is 6.10 Å². The summed E-state index contributed by atoms with van der Waals surface area (Å²) >= 11 is 0. The maximum atomic E-state index is 12.8. The van der Waals surface area contributed by atoms with Crippen LogP contribution in [0.5, 0.6) is 0 Å². The summed E-state index contributed by atoms with van der Waals surface area (Å²) < 4.78 is 16.8. The van der Waals surface area contributed by atoms with E-state index in [-0.39, 0.29) is 31.1 Å². The quantitative estimate of drug-likeness (QED) is 0.0263. The Morgan fingerprint density at radius 1 is 0.333 bits per heavy atom. The molecule has 6 heteroatoms. The van der Waals surface area contributed by atoms with Gasteiger partial charge in [0.1, 0.15) is 13.2 Å². The monoisotopic (exact) mass is 841 g/mol. The van der Waals surface area contributed by atoms with E-state index in [1.807, 2.05) is 0 Å². The van der Waals surface area contributed by atoms with Crippen LogP contribution in [0.4, 0.5) is 0 Å². The van der Waals surface area contributed by atoms with E-state index in [9.17, 15) is 14.4 Å². The molecule has 0 saturated carbocycles. The number of hydrogen-bond donors (Lipinski definition) is 0. The third-order valence-electron chi connectivity index (χ3n) is 11.0. The second-order valence-electron chi connectivity index (χ2n) is 17.1. The van der Waals surface area contributed by atoms with E-state index in [0.29, 0.717) is 19.3 Å². The van der Waals surface area contributed by atoms with Crippen molar-refractivity contribution in [1.82, 2.24) is 0 Å². The predicted molar refractivity (Wildman–Crippen MR) is 256 cm³/mol. The molecule has 0 heterocycles. The zero-order valence-corrected chi connectivity index (χ0v) is 39.7. The molecule has 0 aromatic heterocycles. The lowest BCUT2D eigenvalue weighted by Crippen LogP contribution is -2.30. The minimum absolute atomic E-state index is 0.0852. The number of esters is 3. The number of hydrogen-bond acceptors (Lipinski definition) is 6. The number of ether oxygens (including phenoxy) is 3. The highest BCUT2D eigenvalue weighted by molar-refractivity contribution is 5.71. The molecule has 0 spiro atoms. The Hall–Kier alpha value is -2.63. The third kappa shape index (κ3) is 46.4. The molecule has 1 atom stereocenters. The minimum Gasteiger partial charge on any atom is -0.462 e. The lowest BCUT2D eigenvalue weighted by Gasteiger charge is -2.18. The van der Waals surface area contributed by atoms with Crippen molar-refractivity contribution in [3.63, 3.8) is 0 Å². The van der Waals surface area contributed by atoms with E-state index >= 15 is 0 Å². The van der Waals surface area contributed by atoms with Gasteiger partial charge in [0, 0.05) is 19.3 Å². The maximum absolute atomic E-state index is 12.8. The molecule has 0 N–H and O–H groups in total. The molecule has 0 aliphatic rings. The molecular formula is C54H96O6. The third-order valence-corrected chi connectivity index (χ3v) is 11.0. The van der Waals surface area contributed by atoms with E-state index in [1.54, 1.807) is 0 Å². The van der Waals surface area contributed by atoms with Crippen LogP contribution in [0.15, 0.2) is 48.6 Å². The molecule has 0 rings (SSSR count). The van der Waals surface area contributed by atoms with Crippen LogP contribution in [0.1, 0.15) is 258 Å². The Bertz CT molecular complexity index is 1060. The molecule has 0 aliphatic heterocycles. The second kappa shape index (κ2) is 49.0. The van der Waals surface area contributed by atoms with Crippen LogP contribution < -0.4 is 0 Å². The molecule has 0 saturated heterocycles. The van der Waals surface area contributed by atoms with E-state index < -0.39 is 6.10 Å². The maximum Gasteiger partial charge on any atom is 0.306 e. The summed E-state index contributed by atoms with van der Waals surface area (Å²) in [5.41, 5.74) is 0. The molecule has 0 aliphatic carbocycles. The van der Waals surface area contributed by atoms with Crippen LogP contribution in [0.25, 0.3) is 0 Å². The van der Waals surface area contributed by atoms with Gasteiger partial charge in [0.2, 0.25) is 0 Å². The summed E-state index contributed by atoms with van der Waals surface area (Å²) in [6.07, 6.45) is 58.0. The van der Waals surface area contributed by atoms with E-state index in [2.05, 4.69) is 69.4 Å². The average molecular weight is 841 g/mol. The molecule has 348 valence electrons. The van der Waals surface area contributed by atoms with Gasteiger partial charge in [-0.25, -0.2) is 0 Å². The number of rotatable bonds is 46. The van der Waals surface area contributed by atoms with E-state index in [0.717, 1.165) is 96.3 Å². The SMILES string of the molecule is CCCC/C=C\CCCCCCCC(=O)OC[C@H](COC(=O)CCCCCCC/C=C\CCCCCCCCC)OC(=O)CCCCCCC/C=C\C/C=C\CCCCC. The fourth-order valence-electron chi connectivity index (χ4n) is 7.09. The van der Waals surface area contributed by atoms with Crippen molar-refractivity contribution in [3.05, 3.63) is 48.6 Å². The van der Waals surface area contributed by atoms with Crippen LogP contribution in [0, 0.1) is 0 Å². The Morgan fingerprint density at radius 2 is 0.617 bits per heavy atom. The highest BCUT2D eigenvalue weighted by Crippen LogP contribution is 2.14. The summed E-state index contributed by atoms with van der Waals surface area (Å²) in [6.45, 7) is 6.55. The highest BCUT2D eigenvalue weighted by Gasteiger charge is 2.19. The van der Waals surface area contributed by atoms with Gasteiger partial charge < -0.3 is 14.2 Å². The molecule has 0 unspecified atom stereocenters. The van der Waals surface area contributed by atoms with Gasteiger partial charge in [-0.15, -0.1) is 0 Å². The molecule has 0 aromatic rings. The number of unbranched alkanes of at least 4 members (excludes halogenated alkanes) is 27. The van der Waals surface area contributed by atoms with Gasteiger partial charge >= 0.3 is 17.9 Å². The zero-order chi connectivity index (χ0) is 43.7. The van der Waals surface area contributed by atoms with Crippen molar-refractivity contribution in [3.8, 4) is 0 Å². The Balaban J connectivity index is 4.39. The molecule has 60 heavy (non-hydrogen) atoms. The van der Waals surface area contributed by atoms with Crippen LogP contribution in [0.3, 0.4) is 0 Å². The van der Waals surface area contributed by atoms with Gasteiger partial charge in [-0.2, -0.15) is 0 Å². The van der Waals surface area contributed by atoms with Crippen molar-refractivity contribution in [2.75, 3.05) is 13.2 Å². The van der Waals surface area contributed by atoms with Crippen molar-refractivity contribution in [2.45, 2.75) is 264 Å². The molecule has 0 bridgehead atoms. The number of carbonyl (C=O) groups is 3. The Kier molecular flexibility index (Phi) is 46.9. The number of allylic oxidation sites excluding steroid dienone is 8. The molecule has 0 amide bonds. The van der Waals surface area contributed by atoms with Crippen LogP contribution >= 0.6 is 0 Å². The Labute approximate surface area is 371 Å². The molecule has 0 aromatic carbocycles. The topological polar surface area (TPSA) is 78.9 Å². The van der Waals surface area contributed by atoms with Gasteiger partial charge in [0.05, 0.1) is 0 Å². The highest BCUT2D eigenvalue weighted by atomic mass is 16.6. The first-order valence-electron chi connectivity index (χ1n) is 25.6. The fraction of sp³-hybridized carbons (Fsp3) is 0.796. The first kappa shape index (κ1) is 57.4. The summed E-state index contributed by atoms with van der Waals surface area (Å²) in [7, 11) is 0. The lowest BCUT2D eigenvalue weighted by atomic mass is 10.1.